The number of fused-ring (bicyclic) bond motifs is 1. The lowest BCUT2D eigenvalue weighted by Gasteiger charge is -2.25. The second kappa shape index (κ2) is 6.63. The van der Waals surface area contributed by atoms with Gasteiger partial charge in [0.15, 0.2) is 0 Å². The number of phenols is 1. The number of alkyl halides is 1. The predicted molar refractivity (Wildman–Crippen MR) is 92.2 cm³/mol. The molecule has 1 saturated carbocycles. The number of hydrogen-bond acceptors (Lipinski definition) is 5. The van der Waals surface area contributed by atoms with Crippen LogP contribution in [0.1, 0.15) is 25.7 Å². The van der Waals surface area contributed by atoms with E-state index in [1.807, 2.05) is 18.2 Å². The Hall–Kier alpha value is -2.76. The lowest BCUT2D eigenvalue weighted by atomic mass is 9.96. The van der Waals surface area contributed by atoms with E-state index < -0.39 is 12.3 Å². The van der Waals surface area contributed by atoms with E-state index in [0.717, 1.165) is 18.2 Å². The Morgan fingerprint density at radius 1 is 1.08 bits per heavy atom. The summed E-state index contributed by atoms with van der Waals surface area (Å²) in [5.41, 5.74) is 1.81. The number of nitrogens with zero attached hydrogens (tertiary/aromatic N) is 3. The summed E-state index contributed by atoms with van der Waals surface area (Å²) in [6, 6.07) is 10.6. The van der Waals surface area contributed by atoms with Gasteiger partial charge in [-0.3, -0.25) is 4.98 Å². The quantitative estimate of drug-likeness (QED) is 0.779. The average molecular weight is 339 g/mol. The molecule has 0 saturated heterocycles. The van der Waals surface area contributed by atoms with Gasteiger partial charge in [-0.25, -0.2) is 4.39 Å². The maximum absolute atomic E-state index is 13.9. The van der Waals surface area contributed by atoms with Crippen LogP contribution in [0.15, 0.2) is 42.6 Å². The highest BCUT2D eigenvalue weighted by atomic mass is 19.1. The fourth-order valence-corrected chi connectivity index (χ4v) is 3.18. The SMILES string of the molecule is Oc1cc2ncccc2cc1-c1ccc(O[C@H]2CCCC[C@H]2F)nn1. The number of aromatic hydroxyl groups is 1. The molecule has 0 radical (unpaired) electrons. The number of aromatic nitrogens is 3. The summed E-state index contributed by atoms with van der Waals surface area (Å²) in [6.45, 7) is 0. The van der Waals surface area contributed by atoms with Crippen molar-refractivity contribution in [3.05, 3.63) is 42.6 Å². The molecule has 1 N–H and O–H groups in total. The number of halogens is 1. The van der Waals surface area contributed by atoms with Gasteiger partial charge in [-0.1, -0.05) is 12.5 Å². The Kier molecular flexibility index (Phi) is 4.17. The van der Waals surface area contributed by atoms with Crippen LogP contribution < -0.4 is 4.74 Å². The van der Waals surface area contributed by atoms with Crippen molar-refractivity contribution in [3.8, 4) is 22.9 Å². The molecule has 2 heterocycles. The number of rotatable bonds is 3. The molecule has 2 aromatic heterocycles. The minimum absolute atomic E-state index is 0.0882. The molecule has 25 heavy (non-hydrogen) atoms. The summed E-state index contributed by atoms with van der Waals surface area (Å²) in [6.07, 6.45) is 3.38. The fourth-order valence-electron chi connectivity index (χ4n) is 3.18. The van der Waals surface area contributed by atoms with E-state index in [-0.39, 0.29) is 5.75 Å². The van der Waals surface area contributed by atoms with Crippen LogP contribution in [0.3, 0.4) is 0 Å². The Balaban J connectivity index is 1.58. The first kappa shape index (κ1) is 15.7. The first-order valence-electron chi connectivity index (χ1n) is 8.43. The van der Waals surface area contributed by atoms with Crippen molar-refractivity contribution in [1.82, 2.24) is 15.2 Å². The van der Waals surface area contributed by atoms with Gasteiger partial charge in [0.05, 0.1) is 11.2 Å². The van der Waals surface area contributed by atoms with Crippen molar-refractivity contribution in [2.75, 3.05) is 0 Å². The van der Waals surface area contributed by atoms with Gasteiger partial charge >= 0.3 is 0 Å². The molecule has 1 aliphatic carbocycles. The standard InChI is InChI=1S/C19H18FN3O2/c20-14-5-1-2-6-18(14)25-19-8-7-15(22-23-19)13-10-12-4-3-9-21-16(12)11-17(13)24/h3-4,7-11,14,18,24H,1-2,5-6H2/t14-,18+/m1/s1. The molecule has 128 valence electrons. The summed E-state index contributed by atoms with van der Waals surface area (Å²) in [7, 11) is 0. The van der Waals surface area contributed by atoms with Crippen molar-refractivity contribution >= 4 is 10.9 Å². The second-order valence-electron chi connectivity index (χ2n) is 6.28. The molecule has 5 nitrogen and oxygen atoms in total. The zero-order valence-corrected chi connectivity index (χ0v) is 13.6. The van der Waals surface area contributed by atoms with Crippen molar-refractivity contribution in [3.63, 3.8) is 0 Å². The fraction of sp³-hybridized carbons (Fsp3) is 0.316. The summed E-state index contributed by atoms with van der Waals surface area (Å²) in [5.74, 6) is 0.394. The van der Waals surface area contributed by atoms with Gasteiger partial charge < -0.3 is 9.84 Å². The summed E-state index contributed by atoms with van der Waals surface area (Å²) < 4.78 is 19.5. The average Bonchev–Trinajstić information content (AvgIpc) is 2.64. The molecular formula is C19H18FN3O2. The molecule has 0 unspecified atom stereocenters. The van der Waals surface area contributed by atoms with Gasteiger partial charge in [0.25, 0.3) is 0 Å². The lowest BCUT2D eigenvalue weighted by molar-refractivity contribution is 0.0594. The van der Waals surface area contributed by atoms with Crippen LogP contribution >= 0.6 is 0 Å². The van der Waals surface area contributed by atoms with E-state index in [1.165, 1.54) is 0 Å². The number of pyridine rings is 1. The Bertz CT molecular complexity index is 885. The third kappa shape index (κ3) is 3.24. The van der Waals surface area contributed by atoms with Gasteiger partial charge in [0.1, 0.15) is 18.0 Å². The van der Waals surface area contributed by atoms with E-state index in [1.54, 1.807) is 24.4 Å². The lowest BCUT2D eigenvalue weighted by Crippen LogP contribution is -2.32. The summed E-state index contributed by atoms with van der Waals surface area (Å²) >= 11 is 0. The summed E-state index contributed by atoms with van der Waals surface area (Å²) in [5, 5.41) is 19.3. The van der Waals surface area contributed by atoms with Crippen molar-refractivity contribution in [1.29, 1.82) is 0 Å². The van der Waals surface area contributed by atoms with E-state index in [9.17, 15) is 9.50 Å². The highest BCUT2D eigenvalue weighted by Crippen LogP contribution is 2.32. The van der Waals surface area contributed by atoms with Crippen LogP contribution in [0.25, 0.3) is 22.2 Å². The number of hydrogen-bond donors (Lipinski definition) is 1. The van der Waals surface area contributed by atoms with Gasteiger partial charge in [0.2, 0.25) is 5.88 Å². The molecular weight excluding hydrogens is 321 g/mol. The van der Waals surface area contributed by atoms with Crippen LogP contribution in [0, 0.1) is 0 Å². The van der Waals surface area contributed by atoms with Gasteiger partial charge in [0, 0.05) is 29.3 Å². The summed E-state index contributed by atoms with van der Waals surface area (Å²) in [4.78, 5) is 4.21. The number of ether oxygens (including phenoxy) is 1. The van der Waals surface area contributed by atoms with Crippen LogP contribution in [-0.4, -0.2) is 32.6 Å². The Morgan fingerprint density at radius 2 is 1.96 bits per heavy atom. The third-order valence-corrected chi connectivity index (χ3v) is 4.53. The van der Waals surface area contributed by atoms with Crippen LogP contribution in [0.4, 0.5) is 4.39 Å². The normalized spacial score (nSPS) is 20.5. The molecule has 0 aliphatic heterocycles. The highest BCUT2D eigenvalue weighted by Gasteiger charge is 2.26. The van der Waals surface area contributed by atoms with Crippen molar-refractivity contribution in [2.45, 2.75) is 38.0 Å². The molecule has 1 aromatic carbocycles. The van der Waals surface area contributed by atoms with Crippen LogP contribution in [0.5, 0.6) is 11.6 Å². The molecule has 0 amide bonds. The molecule has 2 atom stereocenters. The maximum atomic E-state index is 13.9. The topological polar surface area (TPSA) is 68.1 Å². The van der Waals surface area contributed by atoms with E-state index >= 15 is 0 Å². The Morgan fingerprint density at radius 3 is 2.76 bits per heavy atom. The molecule has 0 spiro atoms. The zero-order valence-electron chi connectivity index (χ0n) is 13.6. The predicted octanol–water partition coefficient (Wildman–Crippen LogP) is 4.06. The first-order chi connectivity index (χ1) is 12.2. The van der Waals surface area contributed by atoms with E-state index in [0.29, 0.717) is 35.5 Å². The van der Waals surface area contributed by atoms with E-state index in [4.69, 9.17) is 4.74 Å². The third-order valence-electron chi connectivity index (χ3n) is 4.53. The molecule has 0 bridgehead atoms. The number of benzene rings is 1. The zero-order chi connectivity index (χ0) is 17.2. The smallest absolute Gasteiger partial charge is 0.233 e. The van der Waals surface area contributed by atoms with Gasteiger partial charge in [-0.05, 0) is 37.5 Å². The van der Waals surface area contributed by atoms with E-state index in [2.05, 4.69) is 15.2 Å². The Labute approximate surface area is 144 Å². The van der Waals surface area contributed by atoms with Gasteiger partial charge in [-0.2, -0.15) is 0 Å². The minimum Gasteiger partial charge on any atom is -0.507 e. The molecule has 1 fully saturated rings. The highest BCUT2D eigenvalue weighted by molar-refractivity contribution is 5.87. The monoisotopic (exact) mass is 339 g/mol. The van der Waals surface area contributed by atoms with Gasteiger partial charge in [-0.15, -0.1) is 10.2 Å². The molecule has 4 rings (SSSR count). The van der Waals surface area contributed by atoms with Crippen molar-refractivity contribution < 1.29 is 14.2 Å². The molecule has 1 aliphatic rings. The molecule has 3 aromatic rings. The van der Waals surface area contributed by atoms with Crippen molar-refractivity contribution in [2.24, 2.45) is 0 Å². The maximum Gasteiger partial charge on any atom is 0.233 e. The largest absolute Gasteiger partial charge is 0.507 e. The molecule has 6 heteroatoms. The first-order valence-corrected chi connectivity index (χ1v) is 8.43. The number of phenolic OH excluding ortho intramolecular Hbond substituents is 1. The second-order valence-corrected chi connectivity index (χ2v) is 6.28. The minimum atomic E-state index is -0.952. The van der Waals surface area contributed by atoms with Crippen LogP contribution in [-0.2, 0) is 0 Å². The van der Waals surface area contributed by atoms with Crippen LogP contribution in [0.2, 0.25) is 0 Å².